The first-order valence-electron chi connectivity index (χ1n) is 3.28. The lowest BCUT2D eigenvalue weighted by atomic mass is 10.1. The molecule has 0 amide bonds. The van der Waals surface area contributed by atoms with Gasteiger partial charge >= 0.3 is 0 Å². The van der Waals surface area contributed by atoms with Crippen LogP contribution in [0.3, 0.4) is 0 Å². The lowest BCUT2D eigenvalue weighted by molar-refractivity contribution is -0.154. The van der Waals surface area contributed by atoms with Crippen molar-refractivity contribution in [2.75, 3.05) is 13.7 Å². The molecule has 0 aliphatic carbocycles. The van der Waals surface area contributed by atoms with Gasteiger partial charge in [0, 0.05) is 7.11 Å². The second-order valence-corrected chi connectivity index (χ2v) is 3.05. The number of rotatable bonds is 1. The van der Waals surface area contributed by atoms with Crippen LogP contribution in [0.25, 0.3) is 0 Å². The Balaban J connectivity index is 2.36. The first-order chi connectivity index (χ1) is 4.74. The maximum atomic E-state index is 5.77. The zero-order chi connectivity index (χ0) is 7.56. The van der Waals surface area contributed by atoms with Gasteiger partial charge in [0.25, 0.3) is 0 Å². The Morgan fingerprint density at radius 1 is 1.70 bits per heavy atom. The fourth-order valence-electron chi connectivity index (χ4n) is 1.04. The zero-order valence-corrected chi connectivity index (χ0v) is 6.67. The maximum Gasteiger partial charge on any atom is 0.172 e. The molecule has 0 aromatic carbocycles. The van der Waals surface area contributed by atoms with Gasteiger partial charge in [-0.3, -0.25) is 0 Å². The zero-order valence-electron chi connectivity index (χ0n) is 5.92. The molecule has 3 atom stereocenters. The van der Waals surface area contributed by atoms with Crippen LogP contribution in [-0.2, 0) is 9.47 Å². The van der Waals surface area contributed by atoms with E-state index in [2.05, 4.69) is 0 Å². The topological polar surface area (TPSA) is 44.5 Å². The minimum absolute atomic E-state index is 0.0430. The van der Waals surface area contributed by atoms with Gasteiger partial charge in [-0.25, -0.2) is 0 Å². The highest BCUT2D eigenvalue weighted by atomic mass is 35.5. The summed E-state index contributed by atoms with van der Waals surface area (Å²) in [6, 6.07) is -0.0822. The molecule has 4 heteroatoms. The van der Waals surface area contributed by atoms with Gasteiger partial charge in [-0.2, -0.15) is 0 Å². The molecule has 0 radical (unpaired) electrons. The first kappa shape index (κ1) is 8.27. The van der Waals surface area contributed by atoms with Gasteiger partial charge in [-0.15, -0.1) is 11.6 Å². The summed E-state index contributed by atoms with van der Waals surface area (Å²) in [5.74, 6) is 0. The van der Waals surface area contributed by atoms with Gasteiger partial charge < -0.3 is 15.2 Å². The summed E-state index contributed by atoms with van der Waals surface area (Å²) < 4.78 is 10.1. The third-order valence-electron chi connectivity index (χ3n) is 1.55. The third kappa shape index (κ3) is 1.83. The van der Waals surface area contributed by atoms with Gasteiger partial charge in [-0.1, -0.05) is 0 Å². The lowest BCUT2D eigenvalue weighted by Crippen LogP contribution is -2.45. The molecular formula is C6H12ClNO2. The largest absolute Gasteiger partial charge is 0.354 e. The van der Waals surface area contributed by atoms with E-state index in [1.165, 1.54) is 0 Å². The van der Waals surface area contributed by atoms with Crippen LogP contribution >= 0.6 is 11.6 Å². The van der Waals surface area contributed by atoms with Crippen molar-refractivity contribution in [3.05, 3.63) is 0 Å². The van der Waals surface area contributed by atoms with Crippen molar-refractivity contribution in [2.24, 2.45) is 5.73 Å². The molecule has 1 fully saturated rings. The second-order valence-electron chi connectivity index (χ2n) is 2.43. The van der Waals surface area contributed by atoms with Crippen molar-refractivity contribution >= 4 is 11.6 Å². The molecule has 0 spiro atoms. The molecule has 10 heavy (non-hydrogen) atoms. The normalized spacial score (nSPS) is 41.7. The number of halogens is 1. The summed E-state index contributed by atoms with van der Waals surface area (Å²) in [6.45, 7) is 0.535. The first-order valence-corrected chi connectivity index (χ1v) is 3.71. The summed E-state index contributed by atoms with van der Waals surface area (Å²) >= 11 is 5.77. The van der Waals surface area contributed by atoms with Gasteiger partial charge in [0.2, 0.25) is 0 Å². The Labute approximate surface area is 65.4 Å². The molecule has 60 valence electrons. The van der Waals surface area contributed by atoms with E-state index < -0.39 is 0 Å². The van der Waals surface area contributed by atoms with Crippen LogP contribution in [0.1, 0.15) is 6.42 Å². The predicted octanol–water partition coefficient (Wildman–Crippen LogP) is 0.314. The number of nitrogens with two attached hydrogens (primary N) is 1. The van der Waals surface area contributed by atoms with Gasteiger partial charge in [-0.05, 0) is 6.42 Å². The van der Waals surface area contributed by atoms with Crippen LogP contribution in [0.2, 0.25) is 0 Å². The second kappa shape index (κ2) is 3.53. The van der Waals surface area contributed by atoms with E-state index in [4.69, 9.17) is 26.8 Å². The Kier molecular flexibility index (Phi) is 2.92. The summed E-state index contributed by atoms with van der Waals surface area (Å²) in [4.78, 5) is 0. The fraction of sp³-hybridized carbons (Fsp3) is 1.00. The predicted molar refractivity (Wildman–Crippen MR) is 39.0 cm³/mol. The lowest BCUT2D eigenvalue weighted by Gasteiger charge is -2.30. The van der Waals surface area contributed by atoms with E-state index in [1.54, 1.807) is 7.11 Å². The molecule has 1 aliphatic rings. The summed E-state index contributed by atoms with van der Waals surface area (Å²) in [5, 5.41) is 0.0430. The van der Waals surface area contributed by atoms with E-state index >= 15 is 0 Å². The minimum atomic E-state index is -0.269. The maximum absolute atomic E-state index is 5.77. The van der Waals surface area contributed by atoms with E-state index in [1.807, 2.05) is 0 Å². The number of hydrogen-bond acceptors (Lipinski definition) is 3. The fourth-order valence-corrected chi connectivity index (χ4v) is 1.32. The highest BCUT2D eigenvalue weighted by molar-refractivity contribution is 6.20. The molecule has 3 nitrogen and oxygen atoms in total. The highest BCUT2D eigenvalue weighted by Gasteiger charge is 2.27. The van der Waals surface area contributed by atoms with Crippen LogP contribution in [0, 0.1) is 0 Å². The molecule has 0 aromatic heterocycles. The van der Waals surface area contributed by atoms with Crippen molar-refractivity contribution in [3.8, 4) is 0 Å². The molecule has 1 heterocycles. The molecule has 0 saturated carbocycles. The number of hydrogen-bond donors (Lipinski definition) is 1. The standard InChI is InChI=1S/C6H12ClNO2/c1-9-6-5(8)2-4(7)3-10-6/h4-6H,2-3,8H2,1H3. The summed E-state index contributed by atoms with van der Waals surface area (Å²) in [7, 11) is 1.58. The Bertz CT molecular complexity index is 112. The SMILES string of the molecule is COC1OCC(Cl)CC1N. The average Bonchev–Trinajstić information content (AvgIpc) is 1.88. The van der Waals surface area contributed by atoms with Crippen LogP contribution in [0.4, 0.5) is 0 Å². The van der Waals surface area contributed by atoms with E-state index in [-0.39, 0.29) is 17.7 Å². The monoisotopic (exact) mass is 165 g/mol. The van der Waals surface area contributed by atoms with Crippen LogP contribution in [-0.4, -0.2) is 31.4 Å². The molecule has 1 rings (SSSR count). The molecule has 0 bridgehead atoms. The average molecular weight is 166 g/mol. The molecule has 0 aromatic rings. The van der Waals surface area contributed by atoms with Crippen LogP contribution in [0.15, 0.2) is 0 Å². The molecule has 2 N–H and O–H groups in total. The van der Waals surface area contributed by atoms with E-state index in [9.17, 15) is 0 Å². The van der Waals surface area contributed by atoms with Crippen molar-refractivity contribution in [1.82, 2.24) is 0 Å². The van der Waals surface area contributed by atoms with Crippen LogP contribution < -0.4 is 5.73 Å². The number of methoxy groups -OCH3 is 1. The molecule has 3 unspecified atom stereocenters. The van der Waals surface area contributed by atoms with E-state index in [0.29, 0.717) is 6.61 Å². The third-order valence-corrected chi connectivity index (χ3v) is 1.86. The van der Waals surface area contributed by atoms with E-state index in [0.717, 1.165) is 6.42 Å². The van der Waals surface area contributed by atoms with Crippen molar-refractivity contribution in [1.29, 1.82) is 0 Å². The van der Waals surface area contributed by atoms with Crippen molar-refractivity contribution < 1.29 is 9.47 Å². The molecule has 1 saturated heterocycles. The quantitative estimate of drug-likeness (QED) is 0.569. The van der Waals surface area contributed by atoms with Crippen molar-refractivity contribution in [2.45, 2.75) is 24.1 Å². The summed E-state index contributed by atoms with van der Waals surface area (Å²) in [5.41, 5.74) is 5.65. The Morgan fingerprint density at radius 2 is 2.40 bits per heavy atom. The number of alkyl halides is 1. The summed E-state index contributed by atoms with van der Waals surface area (Å²) in [6.07, 6.45) is 0.495. The van der Waals surface area contributed by atoms with Gasteiger partial charge in [0.15, 0.2) is 6.29 Å². The molecular weight excluding hydrogens is 154 g/mol. The van der Waals surface area contributed by atoms with Crippen LogP contribution in [0.5, 0.6) is 0 Å². The van der Waals surface area contributed by atoms with Gasteiger partial charge in [0.1, 0.15) is 0 Å². The number of ether oxygens (including phenoxy) is 2. The Morgan fingerprint density at radius 3 is 2.90 bits per heavy atom. The highest BCUT2D eigenvalue weighted by Crippen LogP contribution is 2.16. The van der Waals surface area contributed by atoms with Gasteiger partial charge in [0.05, 0.1) is 18.0 Å². The smallest absolute Gasteiger partial charge is 0.172 e. The molecule has 1 aliphatic heterocycles. The minimum Gasteiger partial charge on any atom is -0.354 e. The van der Waals surface area contributed by atoms with Crippen molar-refractivity contribution in [3.63, 3.8) is 0 Å². The Hall–Kier alpha value is 0.170.